The van der Waals surface area contributed by atoms with Gasteiger partial charge in [-0.1, -0.05) is 6.92 Å². The van der Waals surface area contributed by atoms with Crippen molar-refractivity contribution in [1.29, 1.82) is 0 Å². The van der Waals surface area contributed by atoms with Gasteiger partial charge in [-0.2, -0.15) is 0 Å². The molecular formula is C22H34O5. The molecule has 152 valence electrons. The fourth-order valence-corrected chi connectivity index (χ4v) is 6.26. The minimum Gasteiger partial charge on any atom is -0.458 e. The fourth-order valence-electron chi connectivity index (χ4n) is 6.26. The summed E-state index contributed by atoms with van der Waals surface area (Å²) in [6.45, 7) is 8.08. The summed E-state index contributed by atoms with van der Waals surface area (Å²) in [4.78, 5) is 24.6. The summed E-state index contributed by atoms with van der Waals surface area (Å²) >= 11 is 0. The summed E-state index contributed by atoms with van der Waals surface area (Å²) in [5.74, 6) is 2.70. The predicted octanol–water partition coefficient (Wildman–Crippen LogP) is 4.86. The van der Waals surface area contributed by atoms with Crippen LogP contribution in [-0.2, 0) is 19.0 Å². The van der Waals surface area contributed by atoms with Gasteiger partial charge >= 0.3 is 12.1 Å². The van der Waals surface area contributed by atoms with Crippen molar-refractivity contribution in [1.82, 2.24) is 0 Å². The minimum absolute atomic E-state index is 0.0714. The topological polar surface area (TPSA) is 61.8 Å². The molecule has 0 aromatic carbocycles. The smallest absolute Gasteiger partial charge is 0.458 e. The molecule has 0 amide bonds. The van der Waals surface area contributed by atoms with Crippen LogP contribution in [0.25, 0.3) is 0 Å². The third-order valence-corrected chi connectivity index (χ3v) is 8.38. The van der Waals surface area contributed by atoms with Crippen LogP contribution in [0.2, 0.25) is 0 Å². The molecule has 4 aliphatic carbocycles. The van der Waals surface area contributed by atoms with Gasteiger partial charge in [0.1, 0.15) is 17.8 Å². The van der Waals surface area contributed by atoms with E-state index in [9.17, 15) is 9.59 Å². The summed E-state index contributed by atoms with van der Waals surface area (Å²) in [6.07, 6.45) is 7.17. The van der Waals surface area contributed by atoms with E-state index in [4.69, 9.17) is 14.2 Å². The Morgan fingerprint density at radius 1 is 1.15 bits per heavy atom. The maximum Gasteiger partial charge on any atom is 0.509 e. The third kappa shape index (κ3) is 3.25. The van der Waals surface area contributed by atoms with Crippen molar-refractivity contribution < 1.29 is 23.8 Å². The molecule has 5 rings (SSSR count). The molecule has 5 aliphatic rings. The average Bonchev–Trinajstić information content (AvgIpc) is 2.94. The summed E-state index contributed by atoms with van der Waals surface area (Å²) in [6, 6.07) is 0. The molecule has 1 heterocycles. The standard InChI is InChI=1S/C22H34O5/c1-5-21(3,7-6-18-13(2)25-20(24)26-18)19(23)27-22(4)16-9-14-8-15(11-16)12-17(22)10-14/h13-18H,5-12H2,1-4H3. The van der Waals surface area contributed by atoms with Crippen LogP contribution in [-0.4, -0.2) is 29.9 Å². The molecule has 27 heavy (non-hydrogen) atoms. The van der Waals surface area contributed by atoms with Crippen LogP contribution in [0.3, 0.4) is 0 Å². The average molecular weight is 379 g/mol. The molecule has 4 saturated carbocycles. The first-order valence-electron chi connectivity index (χ1n) is 10.8. The van der Waals surface area contributed by atoms with Gasteiger partial charge in [0.2, 0.25) is 0 Å². The Morgan fingerprint density at radius 3 is 2.22 bits per heavy atom. The zero-order chi connectivity index (χ0) is 19.4. The lowest BCUT2D eigenvalue weighted by molar-refractivity contribution is -0.212. The zero-order valence-corrected chi connectivity index (χ0v) is 17.2. The van der Waals surface area contributed by atoms with Gasteiger partial charge in [-0.3, -0.25) is 4.79 Å². The molecule has 0 spiro atoms. The molecule has 0 radical (unpaired) electrons. The third-order valence-electron chi connectivity index (χ3n) is 8.38. The van der Waals surface area contributed by atoms with Gasteiger partial charge in [0.25, 0.3) is 0 Å². The Kier molecular flexibility index (Phi) is 4.71. The van der Waals surface area contributed by atoms with Crippen LogP contribution < -0.4 is 0 Å². The molecule has 3 atom stereocenters. The number of hydrogen-bond donors (Lipinski definition) is 0. The predicted molar refractivity (Wildman–Crippen MR) is 100.0 cm³/mol. The van der Waals surface area contributed by atoms with Gasteiger partial charge < -0.3 is 14.2 Å². The van der Waals surface area contributed by atoms with E-state index in [1.807, 2.05) is 20.8 Å². The van der Waals surface area contributed by atoms with Crippen molar-refractivity contribution >= 4 is 12.1 Å². The quantitative estimate of drug-likeness (QED) is 0.617. The number of ether oxygens (including phenoxy) is 3. The lowest BCUT2D eigenvalue weighted by atomic mass is 9.50. The number of cyclic esters (lactones) is 2. The Labute approximate surface area is 162 Å². The summed E-state index contributed by atoms with van der Waals surface area (Å²) in [5, 5.41) is 0. The lowest BCUT2D eigenvalue weighted by Crippen LogP contribution is -2.58. The van der Waals surface area contributed by atoms with E-state index >= 15 is 0 Å². The minimum atomic E-state index is -0.602. The van der Waals surface area contributed by atoms with Gasteiger partial charge in [0, 0.05) is 0 Å². The summed E-state index contributed by atoms with van der Waals surface area (Å²) < 4.78 is 16.6. The van der Waals surface area contributed by atoms with Crippen molar-refractivity contribution in [3.8, 4) is 0 Å². The van der Waals surface area contributed by atoms with Gasteiger partial charge in [-0.25, -0.2) is 4.79 Å². The van der Waals surface area contributed by atoms with Crippen molar-refractivity contribution in [3.05, 3.63) is 0 Å². The van der Waals surface area contributed by atoms with Crippen LogP contribution in [0.4, 0.5) is 4.79 Å². The van der Waals surface area contributed by atoms with Crippen molar-refractivity contribution in [2.45, 2.75) is 96.9 Å². The van der Waals surface area contributed by atoms with Gasteiger partial charge in [-0.05, 0) is 95.8 Å². The van der Waals surface area contributed by atoms with Crippen molar-refractivity contribution in [3.63, 3.8) is 0 Å². The molecule has 3 unspecified atom stereocenters. The Hall–Kier alpha value is -1.26. The Bertz CT molecular complexity index is 586. The summed E-state index contributed by atoms with van der Waals surface area (Å²) in [7, 11) is 0. The Balaban J connectivity index is 1.41. The first-order valence-corrected chi connectivity index (χ1v) is 10.8. The highest BCUT2D eigenvalue weighted by Crippen LogP contribution is 2.59. The second kappa shape index (κ2) is 6.66. The van der Waals surface area contributed by atoms with Crippen LogP contribution >= 0.6 is 0 Å². The van der Waals surface area contributed by atoms with Crippen molar-refractivity contribution in [2.24, 2.45) is 29.1 Å². The molecular weight excluding hydrogens is 344 g/mol. The molecule has 1 saturated heterocycles. The second-order valence-electron chi connectivity index (χ2n) is 10.1. The molecule has 0 aromatic heterocycles. The van der Waals surface area contributed by atoms with E-state index in [0.29, 0.717) is 24.7 Å². The maximum absolute atomic E-state index is 13.3. The molecule has 4 bridgehead atoms. The zero-order valence-electron chi connectivity index (χ0n) is 17.2. The van der Waals surface area contributed by atoms with Crippen LogP contribution in [0.1, 0.15) is 79.1 Å². The van der Waals surface area contributed by atoms with E-state index in [1.165, 1.54) is 32.1 Å². The Morgan fingerprint density at radius 2 is 1.74 bits per heavy atom. The van der Waals surface area contributed by atoms with Crippen LogP contribution in [0.15, 0.2) is 0 Å². The fraction of sp³-hybridized carbons (Fsp3) is 0.909. The largest absolute Gasteiger partial charge is 0.509 e. The molecule has 0 aromatic rings. The molecule has 5 fully saturated rings. The molecule has 1 aliphatic heterocycles. The van der Waals surface area contributed by atoms with Crippen molar-refractivity contribution in [2.75, 3.05) is 0 Å². The van der Waals surface area contributed by atoms with Gasteiger partial charge in [0.15, 0.2) is 0 Å². The molecule has 5 nitrogen and oxygen atoms in total. The number of carbonyl (C=O) groups is 2. The number of hydrogen-bond acceptors (Lipinski definition) is 5. The first-order chi connectivity index (χ1) is 12.7. The van der Waals surface area contributed by atoms with E-state index in [1.54, 1.807) is 0 Å². The normalized spacial score (nSPS) is 44.5. The van der Waals surface area contributed by atoms with Crippen LogP contribution in [0, 0.1) is 29.1 Å². The maximum atomic E-state index is 13.3. The number of rotatable bonds is 6. The SMILES string of the molecule is CCC(C)(CCC1OC(=O)OC1C)C(=O)OC1(C)C2CC3CC(C2)CC1C3. The van der Waals surface area contributed by atoms with E-state index in [-0.39, 0.29) is 23.8 Å². The molecule has 5 heteroatoms. The number of carbonyl (C=O) groups excluding carboxylic acids is 2. The molecule has 0 N–H and O–H groups in total. The lowest BCUT2D eigenvalue weighted by Gasteiger charge is -2.59. The number of esters is 1. The first kappa shape index (κ1) is 19.1. The van der Waals surface area contributed by atoms with Crippen LogP contribution in [0.5, 0.6) is 0 Å². The van der Waals surface area contributed by atoms with E-state index in [0.717, 1.165) is 18.3 Å². The monoisotopic (exact) mass is 378 g/mol. The highest BCUT2D eigenvalue weighted by atomic mass is 16.8. The highest BCUT2D eigenvalue weighted by Gasteiger charge is 2.57. The second-order valence-corrected chi connectivity index (χ2v) is 10.1. The van der Waals surface area contributed by atoms with E-state index < -0.39 is 11.6 Å². The van der Waals surface area contributed by atoms with Gasteiger partial charge in [0.05, 0.1) is 5.41 Å². The van der Waals surface area contributed by atoms with Gasteiger partial charge in [-0.15, -0.1) is 0 Å². The highest BCUT2D eigenvalue weighted by molar-refractivity contribution is 5.77. The van der Waals surface area contributed by atoms with E-state index in [2.05, 4.69) is 6.92 Å². The summed E-state index contributed by atoms with van der Waals surface area (Å²) in [5.41, 5.74) is -0.844.